The average Bonchev–Trinajstić information content (AvgIpc) is 2.83. The van der Waals surface area contributed by atoms with Gasteiger partial charge >= 0.3 is 13.7 Å². The minimum Gasteiger partial charge on any atom is -0.447 e. The van der Waals surface area contributed by atoms with E-state index in [1.54, 1.807) is 18.7 Å². The number of carbonyl (C=O) groups is 1. The number of hydrogen-bond donors (Lipinski definition) is 0. The third-order valence-electron chi connectivity index (χ3n) is 3.45. The summed E-state index contributed by atoms with van der Waals surface area (Å²) in [5.41, 5.74) is 0.890. The summed E-state index contributed by atoms with van der Waals surface area (Å²) in [6.07, 6.45) is -0.0676. The molecular formula is C12H20NO5P. The van der Waals surface area contributed by atoms with Gasteiger partial charge in [-0.05, 0) is 13.8 Å². The van der Waals surface area contributed by atoms with Gasteiger partial charge in [-0.3, -0.25) is 9.46 Å². The molecule has 7 heteroatoms. The van der Waals surface area contributed by atoms with Gasteiger partial charge < -0.3 is 13.8 Å². The minimum absolute atomic E-state index is 0.0876. The number of cyclic esters (lactones) is 1. The third-order valence-corrected chi connectivity index (χ3v) is 5.59. The van der Waals surface area contributed by atoms with Crippen LogP contribution in [0.4, 0.5) is 4.79 Å². The summed E-state index contributed by atoms with van der Waals surface area (Å²) in [4.78, 5) is 13.1. The number of nitrogens with zero attached hydrogens (tertiary/aromatic N) is 1. The first-order valence-electron chi connectivity index (χ1n) is 6.50. The Morgan fingerprint density at radius 1 is 1.42 bits per heavy atom. The fraction of sp³-hybridized carbons (Fsp3) is 0.750. The molecule has 0 N–H and O–H groups in total. The third kappa shape index (κ3) is 2.86. The van der Waals surface area contributed by atoms with Gasteiger partial charge in [0.1, 0.15) is 6.61 Å². The van der Waals surface area contributed by atoms with E-state index < -0.39 is 7.60 Å². The highest BCUT2D eigenvalue weighted by molar-refractivity contribution is 7.53. The Balaban J connectivity index is 2.10. The molecule has 0 aliphatic carbocycles. The molecule has 0 spiro atoms. The molecule has 0 unspecified atom stereocenters. The van der Waals surface area contributed by atoms with Crippen molar-refractivity contribution in [1.82, 2.24) is 4.90 Å². The molecule has 0 saturated carbocycles. The largest absolute Gasteiger partial charge is 0.447 e. The van der Waals surface area contributed by atoms with Crippen molar-refractivity contribution in [1.29, 1.82) is 0 Å². The molecule has 0 aromatic heterocycles. The zero-order valence-corrected chi connectivity index (χ0v) is 12.2. The molecule has 108 valence electrons. The van der Waals surface area contributed by atoms with Crippen LogP contribution in [-0.2, 0) is 18.3 Å². The van der Waals surface area contributed by atoms with E-state index in [4.69, 9.17) is 13.8 Å². The molecule has 2 atom stereocenters. The van der Waals surface area contributed by atoms with Gasteiger partial charge in [0.25, 0.3) is 0 Å². The normalized spacial score (nSPS) is 26.7. The summed E-state index contributed by atoms with van der Waals surface area (Å²) >= 11 is 0. The summed E-state index contributed by atoms with van der Waals surface area (Å²) in [5, 5.41) is 0. The SMILES string of the molecule is C=C1CN2C(=O)OC[C@@H]2[C@H]1CP(=O)(OCC)OCC. The summed E-state index contributed by atoms with van der Waals surface area (Å²) in [6.45, 7) is 8.99. The van der Waals surface area contributed by atoms with Gasteiger partial charge in [-0.25, -0.2) is 4.79 Å². The molecule has 6 nitrogen and oxygen atoms in total. The van der Waals surface area contributed by atoms with Gasteiger partial charge in [0.15, 0.2) is 0 Å². The van der Waals surface area contributed by atoms with E-state index in [0.29, 0.717) is 26.4 Å². The molecule has 0 radical (unpaired) electrons. The number of carbonyl (C=O) groups excluding carboxylic acids is 1. The second-order valence-electron chi connectivity index (χ2n) is 4.67. The fourth-order valence-electron chi connectivity index (χ4n) is 2.62. The lowest BCUT2D eigenvalue weighted by atomic mass is 10.0. The van der Waals surface area contributed by atoms with Crippen LogP contribution in [0.5, 0.6) is 0 Å². The van der Waals surface area contributed by atoms with E-state index in [-0.39, 0.29) is 24.2 Å². The van der Waals surface area contributed by atoms with Crippen LogP contribution in [0.1, 0.15) is 13.8 Å². The van der Waals surface area contributed by atoms with Crippen molar-refractivity contribution in [3.8, 4) is 0 Å². The summed E-state index contributed by atoms with van der Waals surface area (Å²) in [5.74, 6) is -0.0876. The first-order valence-corrected chi connectivity index (χ1v) is 8.22. The van der Waals surface area contributed by atoms with Crippen LogP contribution >= 0.6 is 7.60 Å². The monoisotopic (exact) mass is 289 g/mol. The van der Waals surface area contributed by atoms with Crippen LogP contribution in [0, 0.1) is 5.92 Å². The van der Waals surface area contributed by atoms with Gasteiger partial charge in [-0.1, -0.05) is 12.2 Å². The van der Waals surface area contributed by atoms with Gasteiger partial charge in [-0.15, -0.1) is 0 Å². The molecule has 1 amide bonds. The molecule has 2 aliphatic heterocycles. The van der Waals surface area contributed by atoms with E-state index in [1.807, 2.05) is 0 Å². The highest BCUT2D eigenvalue weighted by Gasteiger charge is 2.48. The Hall–Kier alpha value is -0.840. The quantitative estimate of drug-likeness (QED) is 0.554. The van der Waals surface area contributed by atoms with Gasteiger partial charge in [0, 0.05) is 12.5 Å². The topological polar surface area (TPSA) is 65.1 Å². The predicted octanol–water partition coefficient (Wildman–Crippen LogP) is 2.26. The number of ether oxygens (including phenoxy) is 1. The predicted molar refractivity (Wildman–Crippen MR) is 70.2 cm³/mol. The van der Waals surface area contributed by atoms with E-state index in [2.05, 4.69) is 6.58 Å². The zero-order valence-electron chi connectivity index (χ0n) is 11.3. The van der Waals surface area contributed by atoms with Crippen molar-refractivity contribution in [2.24, 2.45) is 5.92 Å². The second kappa shape index (κ2) is 5.65. The lowest BCUT2D eigenvalue weighted by Crippen LogP contribution is -2.31. The maximum atomic E-state index is 12.6. The van der Waals surface area contributed by atoms with Gasteiger partial charge in [0.05, 0.1) is 25.4 Å². The lowest BCUT2D eigenvalue weighted by Gasteiger charge is -2.23. The van der Waals surface area contributed by atoms with Crippen molar-refractivity contribution in [3.63, 3.8) is 0 Å². The molecular weight excluding hydrogens is 269 g/mol. The maximum absolute atomic E-state index is 12.6. The van der Waals surface area contributed by atoms with E-state index >= 15 is 0 Å². The Bertz CT molecular complexity index is 414. The maximum Gasteiger partial charge on any atom is 0.410 e. The van der Waals surface area contributed by atoms with Crippen molar-refractivity contribution in [2.75, 3.05) is 32.5 Å². The number of hydrogen-bond acceptors (Lipinski definition) is 5. The van der Waals surface area contributed by atoms with Gasteiger partial charge in [0.2, 0.25) is 0 Å². The molecule has 2 aliphatic rings. The standard InChI is InChI=1S/C12H20NO5P/c1-4-17-19(15,18-5-2)8-10-9(3)6-13-11(10)7-16-12(13)14/h10-11H,3-8H2,1-2H3/t10-,11+/m0/s1. The van der Waals surface area contributed by atoms with Crippen molar-refractivity contribution >= 4 is 13.7 Å². The molecule has 2 heterocycles. The van der Waals surface area contributed by atoms with E-state index in [9.17, 15) is 9.36 Å². The Morgan fingerprint density at radius 3 is 2.63 bits per heavy atom. The van der Waals surface area contributed by atoms with Crippen LogP contribution in [0.15, 0.2) is 12.2 Å². The molecule has 0 aromatic rings. The minimum atomic E-state index is -3.13. The van der Waals surface area contributed by atoms with Crippen molar-refractivity contribution < 1.29 is 23.1 Å². The van der Waals surface area contributed by atoms with Crippen LogP contribution in [0.3, 0.4) is 0 Å². The first-order chi connectivity index (χ1) is 9.00. The fourth-order valence-corrected chi connectivity index (χ4v) is 4.67. The summed E-state index contributed by atoms with van der Waals surface area (Å²) < 4.78 is 28.2. The van der Waals surface area contributed by atoms with Gasteiger partial charge in [-0.2, -0.15) is 0 Å². The summed E-state index contributed by atoms with van der Waals surface area (Å²) in [6, 6.07) is -0.0887. The summed E-state index contributed by atoms with van der Waals surface area (Å²) in [7, 11) is -3.13. The zero-order chi connectivity index (χ0) is 14.0. The molecule has 2 saturated heterocycles. The highest BCUT2D eigenvalue weighted by Crippen LogP contribution is 2.52. The molecule has 19 heavy (non-hydrogen) atoms. The van der Waals surface area contributed by atoms with Crippen LogP contribution in [0.2, 0.25) is 0 Å². The first kappa shape index (κ1) is 14.6. The Kier molecular flexibility index (Phi) is 4.33. The van der Waals surface area contributed by atoms with Crippen molar-refractivity contribution in [2.45, 2.75) is 19.9 Å². The smallest absolute Gasteiger partial charge is 0.410 e. The van der Waals surface area contributed by atoms with Crippen LogP contribution in [0.25, 0.3) is 0 Å². The molecule has 2 fully saturated rings. The number of fused-ring (bicyclic) bond motifs is 1. The van der Waals surface area contributed by atoms with E-state index in [0.717, 1.165) is 5.57 Å². The Labute approximate surface area is 113 Å². The lowest BCUT2D eigenvalue weighted by molar-refractivity contribution is 0.160. The van der Waals surface area contributed by atoms with E-state index in [1.165, 1.54) is 0 Å². The Morgan fingerprint density at radius 2 is 2.05 bits per heavy atom. The molecule has 2 rings (SSSR count). The van der Waals surface area contributed by atoms with Crippen LogP contribution < -0.4 is 0 Å². The molecule has 0 aromatic carbocycles. The average molecular weight is 289 g/mol. The number of rotatable bonds is 6. The van der Waals surface area contributed by atoms with Crippen molar-refractivity contribution in [3.05, 3.63) is 12.2 Å². The number of amides is 1. The molecule has 0 bridgehead atoms. The highest BCUT2D eigenvalue weighted by atomic mass is 31.2. The van der Waals surface area contributed by atoms with Crippen LogP contribution in [-0.4, -0.2) is 49.6 Å². The second-order valence-corrected chi connectivity index (χ2v) is 6.77.